The van der Waals surface area contributed by atoms with Crippen LogP contribution in [0, 0.1) is 11.8 Å². The van der Waals surface area contributed by atoms with Gasteiger partial charge in [-0.1, -0.05) is 56.2 Å². The highest BCUT2D eigenvalue weighted by Crippen LogP contribution is 2.41. The monoisotopic (exact) mass is 545 g/mol. The number of carbonyl (C=O) groups excluding carboxylic acids is 5. The van der Waals surface area contributed by atoms with Crippen molar-refractivity contribution in [2.45, 2.75) is 104 Å². The molecule has 8 nitrogen and oxygen atoms in total. The third-order valence-corrected chi connectivity index (χ3v) is 9.43. The summed E-state index contributed by atoms with van der Waals surface area (Å²) in [5, 5.41) is 5.83. The van der Waals surface area contributed by atoms with Gasteiger partial charge in [-0.2, -0.15) is 0 Å². The molecule has 2 N–H and O–H groups in total. The number of hydrogen-bond donors (Lipinski definition) is 2. The second kappa shape index (κ2) is 17.1. The molecule has 0 bridgehead atoms. The summed E-state index contributed by atoms with van der Waals surface area (Å²) in [7, 11) is 4.99. The number of Topliss-reactive ketones (excluding diaryl/α,β-unsaturated/α-hetero) is 2. The Labute approximate surface area is 225 Å². The number of nitrogens with zero attached hydrogens (tertiary/aromatic N) is 1. The minimum absolute atomic E-state index is 0.0252. The zero-order valence-corrected chi connectivity index (χ0v) is 25.2. The van der Waals surface area contributed by atoms with Crippen molar-refractivity contribution in [1.29, 1.82) is 0 Å². The third-order valence-electron chi connectivity index (χ3n) is 5.56. The van der Waals surface area contributed by atoms with Gasteiger partial charge in [-0.05, 0) is 33.6 Å². The van der Waals surface area contributed by atoms with Gasteiger partial charge in [0.15, 0.2) is 5.78 Å². The van der Waals surface area contributed by atoms with Crippen LogP contribution in [0.5, 0.6) is 0 Å². The maximum absolute atomic E-state index is 12.4. The molecule has 1 unspecified atom stereocenters. The second-order valence-electron chi connectivity index (χ2n) is 10.6. The molecule has 0 aromatic rings. The first-order chi connectivity index (χ1) is 16.6. The van der Waals surface area contributed by atoms with E-state index in [4.69, 9.17) is 0 Å². The number of nitrogens with one attached hydrogen (secondary N) is 2. The summed E-state index contributed by atoms with van der Waals surface area (Å²) in [6.07, 6.45) is 2.16. The van der Waals surface area contributed by atoms with E-state index in [-0.39, 0.29) is 64.1 Å². The van der Waals surface area contributed by atoms with Gasteiger partial charge in [-0.15, -0.1) is 0 Å². The van der Waals surface area contributed by atoms with E-state index in [0.29, 0.717) is 25.8 Å². The smallest absolute Gasteiger partial charge is 0.240 e. The number of amides is 3. The molecule has 0 aliphatic carbocycles. The van der Waals surface area contributed by atoms with Gasteiger partial charge >= 0.3 is 0 Å². The van der Waals surface area contributed by atoms with Crippen LogP contribution >= 0.6 is 21.6 Å². The first kappa shape index (κ1) is 34.5. The summed E-state index contributed by atoms with van der Waals surface area (Å²) in [5.41, 5.74) is 0. The van der Waals surface area contributed by atoms with Crippen molar-refractivity contribution in [2.24, 2.45) is 11.8 Å². The topological polar surface area (TPSA) is 113 Å². The van der Waals surface area contributed by atoms with Gasteiger partial charge < -0.3 is 15.5 Å². The predicted molar refractivity (Wildman–Crippen MR) is 150 cm³/mol. The van der Waals surface area contributed by atoms with Crippen LogP contribution in [-0.4, -0.2) is 70.4 Å². The molecule has 3 amide bonds. The molecule has 0 fully saturated rings. The van der Waals surface area contributed by atoms with E-state index in [1.807, 2.05) is 13.8 Å². The van der Waals surface area contributed by atoms with E-state index < -0.39 is 6.04 Å². The van der Waals surface area contributed by atoms with E-state index in [2.05, 4.69) is 31.4 Å². The molecule has 208 valence electrons. The molecule has 0 saturated heterocycles. The minimum Gasteiger partial charge on any atom is -0.355 e. The summed E-state index contributed by atoms with van der Waals surface area (Å²) >= 11 is 0. The molecule has 0 saturated carbocycles. The molecule has 36 heavy (non-hydrogen) atoms. The fraction of sp³-hybridized carbons (Fsp3) is 0.808. The van der Waals surface area contributed by atoms with Crippen LogP contribution in [0.4, 0.5) is 0 Å². The van der Waals surface area contributed by atoms with E-state index in [0.717, 1.165) is 6.42 Å². The molecular formula is C26H47N3O5S2. The zero-order valence-electron chi connectivity index (χ0n) is 23.6. The maximum Gasteiger partial charge on any atom is 0.240 e. The van der Waals surface area contributed by atoms with Crippen LogP contribution in [-0.2, 0) is 24.0 Å². The summed E-state index contributed by atoms with van der Waals surface area (Å²) in [6.45, 7) is 15.7. The van der Waals surface area contributed by atoms with Crippen molar-refractivity contribution in [1.82, 2.24) is 15.5 Å². The average Bonchev–Trinajstić information content (AvgIpc) is 2.78. The highest BCUT2D eigenvalue weighted by Gasteiger charge is 2.23. The van der Waals surface area contributed by atoms with Crippen LogP contribution in [0.2, 0.25) is 0 Å². The summed E-state index contributed by atoms with van der Waals surface area (Å²) < 4.78 is -0.0892. The lowest BCUT2D eigenvalue weighted by Gasteiger charge is -2.25. The molecule has 0 spiro atoms. The van der Waals surface area contributed by atoms with Gasteiger partial charge in [0, 0.05) is 54.7 Å². The molecule has 0 aliphatic rings. The Morgan fingerprint density at radius 3 is 2.06 bits per heavy atom. The Morgan fingerprint density at radius 2 is 1.50 bits per heavy atom. The molecular weight excluding hydrogens is 498 g/mol. The van der Waals surface area contributed by atoms with Crippen LogP contribution in [0.3, 0.4) is 0 Å². The minimum atomic E-state index is -0.589. The average molecular weight is 546 g/mol. The number of ketones is 2. The molecule has 10 heteroatoms. The van der Waals surface area contributed by atoms with Gasteiger partial charge in [0.25, 0.3) is 0 Å². The predicted octanol–water partition coefficient (Wildman–Crippen LogP) is 4.01. The number of likely N-dealkylation sites (N-methyl/N-ethyl adjacent to an activating group) is 1. The Hall–Kier alpha value is -1.55. The molecule has 0 radical (unpaired) electrons. The zero-order chi connectivity index (χ0) is 28.1. The SMILES string of the molecule is CC(CNC(=O)C(C)C)SSC(C)(C)CCC(=O)CCCC(=O)N(C)CC(=O)N[C@@H](C)C(=O)C(C)C. The lowest BCUT2D eigenvalue weighted by molar-refractivity contribution is -0.135. The lowest BCUT2D eigenvalue weighted by atomic mass is 10.0. The Kier molecular flexibility index (Phi) is 16.3. The Balaban J connectivity index is 4.22. The molecule has 0 heterocycles. The van der Waals surface area contributed by atoms with Crippen LogP contribution in [0.25, 0.3) is 0 Å². The van der Waals surface area contributed by atoms with Gasteiger partial charge in [-0.25, -0.2) is 0 Å². The van der Waals surface area contributed by atoms with Crippen molar-refractivity contribution in [3.8, 4) is 0 Å². The van der Waals surface area contributed by atoms with Gasteiger partial charge in [-0.3, -0.25) is 24.0 Å². The van der Waals surface area contributed by atoms with E-state index in [1.54, 1.807) is 49.4 Å². The number of hydrogen-bond acceptors (Lipinski definition) is 7. The first-order valence-electron chi connectivity index (χ1n) is 12.8. The normalized spacial score (nSPS) is 13.3. The summed E-state index contributed by atoms with van der Waals surface area (Å²) in [5.74, 6) is -0.654. The van der Waals surface area contributed by atoms with Crippen LogP contribution in [0.1, 0.15) is 87.5 Å². The van der Waals surface area contributed by atoms with Gasteiger partial charge in [0.2, 0.25) is 17.7 Å². The van der Waals surface area contributed by atoms with Crippen molar-refractivity contribution < 1.29 is 24.0 Å². The third kappa shape index (κ3) is 15.5. The Morgan fingerprint density at radius 1 is 0.889 bits per heavy atom. The summed E-state index contributed by atoms with van der Waals surface area (Å²) in [4.78, 5) is 61.7. The largest absolute Gasteiger partial charge is 0.355 e. The molecule has 0 aromatic carbocycles. The highest BCUT2D eigenvalue weighted by atomic mass is 33.1. The number of rotatable bonds is 18. The van der Waals surface area contributed by atoms with E-state index in [1.165, 1.54) is 4.90 Å². The highest BCUT2D eigenvalue weighted by molar-refractivity contribution is 8.77. The molecule has 0 rings (SSSR count). The fourth-order valence-electron chi connectivity index (χ4n) is 3.09. The molecule has 0 aliphatic heterocycles. The summed E-state index contributed by atoms with van der Waals surface area (Å²) in [6, 6.07) is -0.589. The number of carbonyl (C=O) groups is 5. The van der Waals surface area contributed by atoms with Gasteiger partial charge in [0.1, 0.15) is 5.78 Å². The van der Waals surface area contributed by atoms with Crippen molar-refractivity contribution in [3.63, 3.8) is 0 Å². The van der Waals surface area contributed by atoms with Crippen molar-refractivity contribution >= 4 is 50.9 Å². The quantitative estimate of drug-likeness (QED) is 0.250. The second-order valence-corrected chi connectivity index (χ2v) is 14.0. The standard InChI is InChI=1S/C26H47N3O5S2/c1-17(2)24(33)20(6)28-22(31)16-29(9)23(32)12-10-11-21(30)13-14-26(7,8)36-35-19(5)15-27-25(34)18(3)4/h17-20H,10-16H2,1-9H3,(H,27,34)(H,28,31)/t19?,20-/m0/s1. The van der Waals surface area contributed by atoms with Crippen LogP contribution < -0.4 is 10.6 Å². The molecule has 2 atom stereocenters. The Bertz CT molecular complexity index is 756. The molecule has 0 aromatic heterocycles. The fourth-order valence-corrected chi connectivity index (χ4v) is 5.58. The van der Waals surface area contributed by atoms with E-state index in [9.17, 15) is 24.0 Å². The van der Waals surface area contributed by atoms with Crippen LogP contribution in [0.15, 0.2) is 0 Å². The van der Waals surface area contributed by atoms with Crippen molar-refractivity contribution in [3.05, 3.63) is 0 Å². The maximum atomic E-state index is 12.4. The first-order valence-corrected chi connectivity index (χ1v) is 15.0. The lowest BCUT2D eigenvalue weighted by Crippen LogP contribution is -2.45. The van der Waals surface area contributed by atoms with Gasteiger partial charge in [0.05, 0.1) is 12.6 Å². The van der Waals surface area contributed by atoms with Crippen molar-refractivity contribution in [2.75, 3.05) is 20.1 Å². The van der Waals surface area contributed by atoms with E-state index >= 15 is 0 Å².